The zero-order valence-corrected chi connectivity index (χ0v) is 11.2. The van der Waals surface area contributed by atoms with Gasteiger partial charge in [-0.2, -0.15) is 0 Å². The van der Waals surface area contributed by atoms with Crippen molar-refractivity contribution >= 4 is 0 Å². The molecule has 4 nitrogen and oxygen atoms in total. The predicted octanol–water partition coefficient (Wildman–Crippen LogP) is 1.98. The molecule has 0 aliphatic heterocycles. The first-order valence-electron chi connectivity index (χ1n) is 5.91. The molecule has 0 radical (unpaired) electrons. The fourth-order valence-electron chi connectivity index (χ4n) is 1.67. The molecule has 0 spiro atoms. The number of aliphatic hydroxyl groups excluding tert-OH is 1. The number of alkyl halides is 2. The third kappa shape index (κ3) is 4.33. The summed E-state index contributed by atoms with van der Waals surface area (Å²) in [7, 11) is 3.08. The summed E-state index contributed by atoms with van der Waals surface area (Å²) in [6.07, 6.45) is -4.43. The van der Waals surface area contributed by atoms with Crippen molar-refractivity contribution in [2.45, 2.75) is 25.5 Å². The molecular weight excluding hydrogens is 256 g/mol. The molecule has 1 aromatic carbocycles. The third-order valence-electron chi connectivity index (χ3n) is 2.83. The Balaban J connectivity index is 2.73. The topological polar surface area (TPSA) is 50.7 Å². The van der Waals surface area contributed by atoms with Gasteiger partial charge in [-0.15, -0.1) is 0 Å². The van der Waals surface area contributed by atoms with Crippen molar-refractivity contribution < 1.29 is 23.4 Å². The van der Waals surface area contributed by atoms with E-state index in [9.17, 15) is 8.78 Å². The number of benzene rings is 1. The Hall–Kier alpha value is -1.40. The van der Waals surface area contributed by atoms with E-state index in [4.69, 9.17) is 14.6 Å². The second-order valence-corrected chi connectivity index (χ2v) is 4.14. The molecule has 0 aliphatic carbocycles. The highest BCUT2D eigenvalue weighted by Crippen LogP contribution is 2.29. The van der Waals surface area contributed by atoms with Crippen LogP contribution in [0.3, 0.4) is 0 Å². The predicted molar refractivity (Wildman–Crippen MR) is 68.0 cm³/mol. The molecule has 0 heterocycles. The third-order valence-corrected chi connectivity index (χ3v) is 2.83. The summed E-state index contributed by atoms with van der Waals surface area (Å²) in [6.45, 7) is 1.62. The lowest BCUT2D eigenvalue weighted by atomic mass is 10.1. The van der Waals surface area contributed by atoms with Crippen LogP contribution in [-0.2, 0) is 0 Å². The van der Waals surface area contributed by atoms with Crippen molar-refractivity contribution in [1.29, 1.82) is 0 Å². The SMILES string of the molecule is COc1ccc(C(C)NCC(O)C(F)F)c(OC)c1. The van der Waals surface area contributed by atoms with Gasteiger partial charge in [0.2, 0.25) is 0 Å². The van der Waals surface area contributed by atoms with E-state index in [1.807, 2.05) is 6.92 Å². The molecule has 0 aromatic heterocycles. The van der Waals surface area contributed by atoms with Crippen LogP contribution in [0.2, 0.25) is 0 Å². The Morgan fingerprint density at radius 2 is 1.95 bits per heavy atom. The number of hydrogen-bond donors (Lipinski definition) is 2. The summed E-state index contributed by atoms with van der Waals surface area (Å²) >= 11 is 0. The number of rotatable bonds is 7. The van der Waals surface area contributed by atoms with Crippen LogP contribution in [0, 0.1) is 0 Å². The summed E-state index contributed by atoms with van der Waals surface area (Å²) in [6, 6.07) is 5.05. The molecule has 0 aliphatic rings. The van der Waals surface area contributed by atoms with E-state index < -0.39 is 12.5 Å². The van der Waals surface area contributed by atoms with Gasteiger partial charge in [0.05, 0.1) is 14.2 Å². The lowest BCUT2D eigenvalue weighted by Gasteiger charge is -2.19. The minimum atomic E-state index is -2.75. The van der Waals surface area contributed by atoms with Crippen LogP contribution in [0.4, 0.5) is 8.78 Å². The summed E-state index contributed by atoms with van der Waals surface area (Å²) in [5, 5.41) is 11.9. The first-order chi connectivity index (χ1) is 8.99. The molecule has 6 heteroatoms. The Morgan fingerprint density at radius 1 is 1.26 bits per heavy atom. The van der Waals surface area contributed by atoms with Crippen LogP contribution >= 0.6 is 0 Å². The van der Waals surface area contributed by atoms with Crippen molar-refractivity contribution in [2.75, 3.05) is 20.8 Å². The van der Waals surface area contributed by atoms with Crippen molar-refractivity contribution in [3.8, 4) is 11.5 Å². The Morgan fingerprint density at radius 3 is 2.47 bits per heavy atom. The van der Waals surface area contributed by atoms with Gasteiger partial charge in [-0.05, 0) is 13.0 Å². The van der Waals surface area contributed by atoms with Gasteiger partial charge < -0.3 is 19.9 Å². The van der Waals surface area contributed by atoms with E-state index in [-0.39, 0.29) is 12.6 Å². The fourth-order valence-corrected chi connectivity index (χ4v) is 1.67. The summed E-state index contributed by atoms with van der Waals surface area (Å²) < 4.78 is 34.7. The number of nitrogens with one attached hydrogen (secondary N) is 1. The minimum Gasteiger partial charge on any atom is -0.497 e. The molecule has 19 heavy (non-hydrogen) atoms. The van der Waals surface area contributed by atoms with Gasteiger partial charge in [-0.3, -0.25) is 0 Å². The Bertz CT molecular complexity index is 401. The average Bonchev–Trinajstić information content (AvgIpc) is 2.43. The fraction of sp³-hybridized carbons (Fsp3) is 0.538. The van der Waals surface area contributed by atoms with Gasteiger partial charge in [0.25, 0.3) is 6.43 Å². The molecule has 0 amide bonds. The van der Waals surface area contributed by atoms with Crippen molar-refractivity contribution in [2.24, 2.45) is 0 Å². The Kier molecular flexibility index (Phi) is 5.98. The van der Waals surface area contributed by atoms with Crippen molar-refractivity contribution in [3.63, 3.8) is 0 Å². The van der Waals surface area contributed by atoms with E-state index in [1.165, 1.54) is 7.11 Å². The molecule has 2 unspecified atom stereocenters. The zero-order valence-electron chi connectivity index (χ0n) is 11.2. The van der Waals surface area contributed by atoms with Gasteiger partial charge in [-0.25, -0.2) is 8.78 Å². The molecule has 0 fully saturated rings. The van der Waals surface area contributed by atoms with Crippen molar-refractivity contribution in [3.05, 3.63) is 23.8 Å². The largest absolute Gasteiger partial charge is 0.497 e. The first-order valence-corrected chi connectivity index (χ1v) is 5.91. The molecule has 0 saturated heterocycles. The van der Waals surface area contributed by atoms with Gasteiger partial charge >= 0.3 is 0 Å². The highest BCUT2D eigenvalue weighted by molar-refractivity contribution is 5.42. The summed E-state index contributed by atoms with van der Waals surface area (Å²) in [5.74, 6) is 1.26. The second kappa shape index (κ2) is 7.25. The first kappa shape index (κ1) is 15.7. The quantitative estimate of drug-likeness (QED) is 0.799. The number of halogens is 2. The summed E-state index contributed by atoms with van der Waals surface area (Å²) in [4.78, 5) is 0. The van der Waals surface area contributed by atoms with E-state index in [0.717, 1.165) is 5.56 Å². The molecule has 0 saturated carbocycles. The van der Waals surface area contributed by atoms with Gasteiger partial charge in [0, 0.05) is 24.2 Å². The maximum Gasteiger partial charge on any atom is 0.265 e. The van der Waals surface area contributed by atoms with Crippen LogP contribution in [-0.4, -0.2) is 38.4 Å². The van der Waals surface area contributed by atoms with Crippen molar-refractivity contribution in [1.82, 2.24) is 5.32 Å². The smallest absolute Gasteiger partial charge is 0.265 e. The maximum absolute atomic E-state index is 12.2. The van der Waals surface area contributed by atoms with E-state index in [2.05, 4.69) is 5.32 Å². The van der Waals surface area contributed by atoms with E-state index >= 15 is 0 Å². The normalized spacial score (nSPS) is 14.3. The molecule has 108 valence electrons. The van der Waals surface area contributed by atoms with Crippen LogP contribution in [0.25, 0.3) is 0 Å². The lowest BCUT2D eigenvalue weighted by molar-refractivity contribution is -0.00441. The monoisotopic (exact) mass is 275 g/mol. The van der Waals surface area contributed by atoms with Gasteiger partial charge in [0.1, 0.15) is 17.6 Å². The minimum absolute atomic E-state index is 0.186. The molecule has 2 atom stereocenters. The van der Waals surface area contributed by atoms with Gasteiger partial charge in [0.15, 0.2) is 0 Å². The number of hydrogen-bond acceptors (Lipinski definition) is 4. The van der Waals surface area contributed by atoms with E-state index in [1.54, 1.807) is 25.3 Å². The van der Waals surface area contributed by atoms with Crippen LogP contribution in [0.15, 0.2) is 18.2 Å². The van der Waals surface area contributed by atoms with E-state index in [0.29, 0.717) is 11.5 Å². The number of aliphatic hydroxyl groups is 1. The number of ether oxygens (including phenoxy) is 2. The van der Waals surface area contributed by atoms with Crippen LogP contribution < -0.4 is 14.8 Å². The highest BCUT2D eigenvalue weighted by atomic mass is 19.3. The maximum atomic E-state index is 12.2. The molecule has 2 N–H and O–H groups in total. The summed E-state index contributed by atoms with van der Waals surface area (Å²) in [5.41, 5.74) is 0.810. The number of methoxy groups -OCH3 is 2. The molecule has 1 rings (SSSR count). The molecule has 1 aromatic rings. The average molecular weight is 275 g/mol. The Labute approximate surface area is 111 Å². The standard InChI is InChI=1S/C13H19F2NO3/c1-8(16-7-11(17)13(14)15)10-5-4-9(18-2)6-12(10)19-3/h4-6,8,11,13,16-17H,7H2,1-3H3. The zero-order chi connectivity index (χ0) is 14.4. The lowest BCUT2D eigenvalue weighted by Crippen LogP contribution is -2.33. The van der Waals surface area contributed by atoms with Gasteiger partial charge in [-0.1, -0.05) is 6.07 Å². The van der Waals surface area contributed by atoms with Crippen LogP contribution in [0.1, 0.15) is 18.5 Å². The highest BCUT2D eigenvalue weighted by Gasteiger charge is 2.19. The molecular formula is C13H19F2NO3. The van der Waals surface area contributed by atoms with Crippen LogP contribution in [0.5, 0.6) is 11.5 Å². The molecule has 0 bridgehead atoms. The second-order valence-electron chi connectivity index (χ2n) is 4.14.